The molecule has 7 nitrogen and oxygen atoms in total. The van der Waals surface area contributed by atoms with Crippen molar-refractivity contribution in [2.24, 2.45) is 0 Å². The van der Waals surface area contributed by atoms with E-state index in [1.54, 1.807) is 0 Å². The number of rotatable bonds is 11. The molecule has 212 valence electrons. The summed E-state index contributed by atoms with van der Waals surface area (Å²) in [6.45, 7) is 0. The molecule has 0 heterocycles. The highest BCUT2D eigenvalue weighted by Crippen LogP contribution is 2.22. The van der Waals surface area contributed by atoms with E-state index in [1.165, 1.54) is 12.8 Å². The molecule has 3 atom stereocenters. The third-order valence-electron chi connectivity index (χ3n) is 7.89. The number of hydrogen-bond acceptors (Lipinski definition) is 5. The summed E-state index contributed by atoms with van der Waals surface area (Å²) in [5.41, 5.74) is 2.06. The Hall–Kier alpha value is -3.06. The number of alkyl carbamates (subject to hydrolysis) is 2. The molecule has 2 aliphatic carbocycles. The largest absolute Gasteiger partial charge is 0.446 e. The summed E-state index contributed by atoms with van der Waals surface area (Å²) < 4.78 is 11.4. The van der Waals surface area contributed by atoms with Crippen LogP contribution in [0.25, 0.3) is 0 Å². The molecule has 2 aliphatic rings. The highest BCUT2D eigenvalue weighted by atomic mass is 16.6. The van der Waals surface area contributed by atoms with Gasteiger partial charge in [-0.05, 0) is 81.8 Å². The monoisotopic (exact) mass is 536 g/mol. The smallest absolute Gasteiger partial charge is 0.407 e. The molecule has 2 aromatic carbocycles. The zero-order valence-electron chi connectivity index (χ0n) is 22.9. The number of aliphatic hydroxyl groups excluding tert-OH is 1. The summed E-state index contributed by atoms with van der Waals surface area (Å²) in [5, 5.41) is 17.4. The number of aliphatic hydroxyl groups is 1. The lowest BCUT2D eigenvalue weighted by Crippen LogP contribution is -2.49. The first kappa shape index (κ1) is 28.9. The van der Waals surface area contributed by atoms with E-state index in [1.807, 2.05) is 60.7 Å². The van der Waals surface area contributed by atoms with Crippen LogP contribution in [0.1, 0.15) is 81.8 Å². The predicted molar refractivity (Wildman–Crippen MR) is 151 cm³/mol. The van der Waals surface area contributed by atoms with E-state index in [2.05, 4.69) is 10.6 Å². The van der Waals surface area contributed by atoms with Crippen molar-refractivity contribution in [3.63, 3.8) is 0 Å². The Kier molecular flexibility index (Phi) is 11.5. The van der Waals surface area contributed by atoms with Gasteiger partial charge in [0.25, 0.3) is 0 Å². The number of hydrogen-bond donors (Lipinski definition) is 3. The van der Waals surface area contributed by atoms with Crippen molar-refractivity contribution in [1.82, 2.24) is 10.6 Å². The van der Waals surface area contributed by atoms with E-state index in [4.69, 9.17) is 9.47 Å². The van der Waals surface area contributed by atoms with Crippen LogP contribution in [0.4, 0.5) is 9.59 Å². The molecule has 4 rings (SSSR count). The van der Waals surface area contributed by atoms with Crippen molar-refractivity contribution in [2.75, 3.05) is 0 Å². The second-order valence-corrected chi connectivity index (χ2v) is 11.1. The lowest BCUT2D eigenvalue weighted by molar-refractivity contribution is 0.0545. The molecule has 39 heavy (non-hydrogen) atoms. The summed E-state index contributed by atoms with van der Waals surface area (Å²) in [6, 6.07) is 18.8. The van der Waals surface area contributed by atoms with Gasteiger partial charge < -0.3 is 25.2 Å². The van der Waals surface area contributed by atoms with Crippen LogP contribution < -0.4 is 10.6 Å². The zero-order chi connectivity index (χ0) is 27.3. The molecule has 0 aromatic heterocycles. The van der Waals surface area contributed by atoms with Crippen LogP contribution in [-0.4, -0.2) is 47.7 Å². The van der Waals surface area contributed by atoms with Gasteiger partial charge in [0, 0.05) is 6.04 Å². The van der Waals surface area contributed by atoms with E-state index >= 15 is 0 Å². The number of amides is 2. The molecule has 0 unspecified atom stereocenters. The topological polar surface area (TPSA) is 96.9 Å². The second kappa shape index (κ2) is 15.5. The molecule has 0 spiro atoms. The summed E-state index contributed by atoms with van der Waals surface area (Å²) in [4.78, 5) is 25.7. The van der Waals surface area contributed by atoms with Gasteiger partial charge in [-0.25, -0.2) is 9.59 Å². The van der Waals surface area contributed by atoms with Crippen LogP contribution in [0.5, 0.6) is 0 Å². The van der Waals surface area contributed by atoms with Crippen molar-refractivity contribution in [3.05, 3.63) is 71.8 Å². The van der Waals surface area contributed by atoms with E-state index in [-0.39, 0.29) is 24.7 Å². The number of benzene rings is 2. The summed E-state index contributed by atoms with van der Waals surface area (Å²) in [6.07, 6.45) is 9.48. The van der Waals surface area contributed by atoms with Crippen molar-refractivity contribution in [3.8, 4) is 0 Å². The fourth-order valence-electron chi connectivity index (χ4n) is 5.75. The fraction of sp³-hybridized carbons (Fsp3) is 0.562. The highest BCUT2D eigenvalue weighted by molar-refractivity contribution is 5.68. The van der Waals surface area contributed by atoms with Crippen LogP contribution in [-0.2, 0) is 22.3 Å². The second-order valence-electron chi connectivity index (χ2n) is 11.1. The third-order valence-corrected chi connectivity index (χ3v) is 7.89. The lowest BCUT2D eigenvalue weighted by atomic mass is 9.93. The van der Waals surface area contributed by atoms with Gasteiger partial charge in [0.15, 0.2) is 0 Å². The van der Waals surface area contributed by atoms with Gasteiger partial charge in [-0.1, -0.05) is 73.5 Å². The Morgan fingerprint density at radius 1 is 0.692 bits per heavy atom. The zero-order valence-corrected chi connectivity index (χ0v) is 22.9. The number of ether oxygens (including phenoxy) is 2. The fourth-order valence-corrected chi connectivity index (χ4v) is 5.75. The molecule has 0 saturated heterocycles. The Balaban J connectivity index is 1.42. The van der Waals surface area contributed by atoms with Crippen molar-refractivity contribution in [1.29, 1.82) is 0 Å². The minimum Gasteiger partial charge on any atom is -0.446 e. The van der Waals surface area contributed by atoms with Crippen LogP contribution in [0.15, 0.2) is 60.7 Å². The Bertz CT molecular complexity index is 990. The van der Waals surface area contributed by atoms with Gasteiger partial charge in [-0.3, -0.25) is 0 Å². The van der Waals surface area contributed by atoms with Crippen LogP contribution >= 0.6 is 0 Å². The molecule has 7 heteroatoms. The van der Waals surface area contributed by atoms with Crippen LogP contribution in [0.2, 0.25) is 0 Å². The third kappa shape index (κ3) is 10.2. The maximum Gasteiger partial charge on any atom is 0.407 e. The van der Waals surface area contributed by atoms with Crippen LogP contribution in [0.3, 0.4) is 0 Å². The first-order valence-corrected chi connectivity index (χ1v) is 14.8. The number of nitrogens with one attached hydrogen (secondary N) is 2. The Labute approximate surface area is 232 Å². The Morgan fingerprint density at radius 2 is 1.15 bits per heavy atom. The van der Waals surface area contributed by atoms with Crippen molar-refractivity contribution >= 4 is 12.2 Å². The summed E-state index contributed by atoms with van der Waals surface area (Å²) in [5.74, 6) is 0. The highest BCUT2D eigenvalue weighted by Gasteiger charge is 2.29. The van der Waals surface area contributed by atoms with Crippen LogP contribution in [0, 0.1) is 0 Å². The number of carbonyl (C=O) groups excluding carboxylic acids is 2. The Morgan fingerprint density at radius 3 is 1.67 bits per heavy atom. The molecule has 3 N–H and O–H groups in total. The normalized spacial score (nSPS) is 18.9. The van der Waals surface area contributed by atoms with Gasteiger partial charge in [0.2, 0.25) is 0 Å². The average molecular weight is 537 g/mol. The van der Waals surface area contributed by atoms with Gasteiger partial charge in [0.1, 0.15) is 12.2 Å². The van der Waals surface area contributed by atoms with Crippen molar-refractivity contribution < 1.29 is 24.2 Å². The van der Waals surface area contributed by atoms with Crippen molar-refractivity contribution in [2.45, 2.75) is 114 Å². The lowest BCUT2D eigenvalue weighted by Gasteiger charge is -2.30. The first-order chi connectivity index (χ1) is 19.0. The predicted octanol–water partition coefficient (Wildman–Crippen LogP) is 6.08. The van der Waals surface area contributed by atoms with Gasteiger partial charge in [-0.2, -0.15) is 0 Å². The summed E-state index contributed by atoms with van der Waals surface area (Å²) in [7, 11) is 0. The minimum atomic E-state index is -0.909. The standard InChI is InChI=1S/C32H44N2O5/c35-30(29(22-25-15-7-2-8-16-25)34-32(37)39-28-19-11-4-12-20-28)23-26(21-24-13-5-1-6-14-24)33-31(36)38-27-17-9-3-10-18-27/h1-2,5-8,13-16,26-30,35H,3-4,9-12,17-23H2,(H,33,36)(H,34,37)/t26-,29-,30-/m0/s1. The molecule has 0 aliphatic heterocycles. The van der Waals surface area contributed by atoms with Gasteiger partial charge >= 0.3 is 12.2 Å². The van der Waals surface area contributed by atoms with E-state index in [0.29, 0.717) is 12.8 Å². The maximum absolute atomic E-state index is 12.9. The van der Waals surface area contributed by atoms with E-state index < -0.39 is 24.3 Å². The van der Waals surface area contributed by atoms with E-state index in [0.717, 1.165) is 62.5 Å². The minimum absolute atomic E-state index is 0.0527. The molecule has 2 saturated carbocycles. The molecule has 2 amide bonds. The van der Waals surface area contributed by atoms with Gasteiger partial charge in [0.05, 0.1) is 12.1 Å². The van der Waals surface area contributed by atoms with Gasteiger partial charge in [-0.15, -0.1) is 0 Å². The molecular formula is C32H44N2O5. The SMILES string of the molecule is O=C(N[C@@H](Cc1ccccc1)C[C@H](O)[C@H](Cc1ccccc1)NC(=O)OC1CCCCC1)OC1CCCCC1. The average Bonchev–Trinajstić information content (AvgIpc) is 2.95. The summed E-state index contributed by atoms with van der Waals surface area (Å²) >= 11 is 0. The van der Waals surface area contributed by atoms with E-state index in [9.17, 15) is 14.7 Å². The maximum atomic E-state index is 12.9. The first-order valence-electron chi connectivity index (χ1n) is 14.8. The molecule has 0 bridgehead atoms. The quantitative estimate of drug-likeness (QED) is 0.324. The number of carbonyl (C=O) groups is 2. The molecule has 2 aromatic rings. The molecule has 2 fully saturated rings. The molecular weight excluding hydrogens is 492 g/mol. The molecule has 0 radical (unpaired) electrons.